The maximum absolute atomic E-state index is 12.2. The van der Waals surface area contributed by atoms with Crippen LogP contribution in [-0.2, 0) is 20.7 Å². The van der Waals surface area contributed by atoms with E-state index in [1.165, 1.54) is 24.2 Å². The second-order valence-corrected chi connectivity index (χ2v) is 9.14. The van der Waals surface area contributed by atoms with Gasteiger partial charge in [-0.25, -0.2) is 4.98 Å². The molecule has 1 fully saturated rings. The molecule has 0 spiro atoms. The van der Waals surface area contributed by atoms with Gasteiger partial charge in [-0.3, -0.25) is 19.5 Å². The number of carboxylic acids is 1. The second-order valence-electron chi connectivity index (χ2n) is 7.33. The Hall–Kier alpha value is -1.65. The van der Waals surface area contributed by atoms with E-state index in [0.717, 1.165) is 26.1 Å². The van der Waals surface area contributed by atoms with Gasteiger partial charge in [0, 0.05) is 32.4 Å². The van der Waals surface area contributed by atoms with Crippen molar-refractivity contribution in [3.63, 3.8) is 0 Å². The SMILES string of the molecule is O=C(O)Cc1cncc(SCC(=O)NC[C@H]2CN(CC3C=C(Cl)C(Cl)=CC3)CCO2)n1. The number of hydrogen-bond acceptors (Lipinski definition) is 7. The van der Waals surface area contributed by atoms with Crippen LogP contribution in [0.15, 0.2) is 39.6 Å². The number of hydrogen-bond donors (Lipinski definition) is 2. The first-order valence-electron chi connectivity index (χ1n) is 9.88. The zero-order chi connectivity index (χ0) is 22.2. The van der Waals surface area contributed by atoms with Gasteiger partial charge in [-0.2, -0.15) is 0 Å². The van der Waals surface area contributed by atoms with Gasteiger partial charge in [-0.15, -0.1) is 0 Å². The van der Waals surface area contributed by atoms with E-state index < -0.39 is 5.97 Å². The van der Waals surface area contributed by atoms with Crippen LogP contribution in [-0.4, -0.2) is 76.5 Å². The number of carboxylic acid groups (broad SMARTS) is 1. The molecule has 1 unspecified atom stereocenters. The summed E-state index contributed by atoms with van der Waals surface area (Å²) >= 11 is 13.4. The number of thioether (sulfide) groups is 1. The summed E-state index contributed by atoms with van der Waals surface area (Å²) in [5.41, 5.74) is 0.362. The van der Waals surface area contributed by atoms with Crippen LogP contribution < -0.4 is 5.32 Å². The van der Waals surface area contributed by atoms with E-state index in [1.54, 1.807) is 0 Å². The van der Waals surface area contributed by atoms with Crippen molar-refractivity contribution in [1.82, 2.24) is 20.2 Å². The van der Waals surface area contributed by atoms with Gasteiger partial charge in [0.25, 0.3) is 0 Å². The number of carbonyl (C=O) groups is 2. The molecule has 1 aliphatic heterocycles. The predicted octanol–water partition coefficient (Wildman–Crippen LogP) is 2.28. The van der Waals surface area contributed by atoms with Crippen molar-refractivity contribution in [1.29, 1.82) is 0 Å². The fraction of sp³-hybridized carbons (Fsp3) is 0.500. The summed E-state index contributed by atoms with van der Waals surface area (Å²) in [6.07, 6.45) is 7.46. The summed E-state index contributed by atoms with van der Waals surface area (Å²) in [5.74, 6) is -0.630. The quantitative estimate of drug-likeness (QED) is 0.512. The lowest BCUT2D eigenvalue weighted by Crippen LogP contribution is -2.48. The van der Waals surface area contributed by atoms with E-state index in [9.17, 15) is 9.59 Å². The summed E-state index contributed by atoms with van der Waals surface area (Å²) in [7, 11) is 0. The fourth-order valence-electron chi connectivity index (χ4n) is 3.35. The van der Waals surface area contributed by atoms with Crippen LogP contribution in [0, 0.1) is 5.92 Å². The molecule has 1 aromatic rings. The molecule has 1 aliphatic carbocycles. The van der Waals surface area contributed by atoms with E-state index >= 15 is 0 Å². The number of carbonyl (C=O) groups excluding carboxylic acids is 1. The van der Waals surface area contributed by atoms with Gasteiger partial charge in [0.05, 0.1) is 46.8 Å². The van der Waals surface area contributed by atoms with Crippen molar-refractivity contribution >= 4 is 46.8 Å². The molecule has 0 saturated carbocycles. The lowest BCUT2D eigenvalue weighted by molar-refractivity contribution is -0.136. The molecule has 0 aromatic carbocycles. The Labute approximate surface area is 195 Å². The van der Waals surface area contributed by atoms with Gasteiger partial charge >= 0.3 is 5.97 Å². The average Bonchev–Trinajstić information content (AvgIpc) is 2.73. The maximum Gasteiger partial charge on any atom is 0.309 e. The fourth-order valence-corrected chi connectivity index (χ4v) is 4.46. The van der Waals surface area contributed by atoms with E-state index in [1.807, 2.05) is 12.2 Å². The van der Waals surface area contributed by atoms with Crippen LogP contribution >= 0.6 is 35.0 Å². The molecule has 2 N–H and O–H groups in total. The molecule has 8 nitrogen and oxygen atoms in total. The van der Waals surface area contributed by atoms with Crippen molar-refractivity contribution in [2.75, 3.05) is 38.5 Å². The van der Waals surface area contributed by atoms with E-state index in [0.29, 0.717) is 39.9 Å². The molecule has 11 heteroatoms. The first-order valence-corrected chi connectivity index (χ1v) is 11.6. The Morgan fingerprint density at radius 3 is 2.94 bits per heavy atom. The van der Waals surface area contributed by atoms with Crippen molar-refractivity contribution < 1.29 is 19.4 Å². The molecule has 2 heterocycles. The van der Waals surface area contributed by atoms with Crippen molar-refractivity contribution in [2.24, 2.45) is 5.92 Å². The number of ether oxygens (including phenoxy) is 1. The van der Waals surface area contributed by atoms with Crippen LogP contribution in [0.4, 0.5) is 0 Å². The minimum atomic E-state index is -0.974. The minimum Gasteiger partial charge on any atom is -0.481 e. The molecule has 168 valence electrons. The summed E-state index contributed by atoms with van der Waals surface area (Å²) in [4.78, 5) is 33.5. The topological polar surface area (TPSA) is 105 Å². The summed E-state index contributed by atoms with van der Waals surface area (Å²) in [6.45, 7) is 3.47. The van der Waals surface area contributed by atoms with Gasteiger partial charge in [-0.1, -0.05) is 47.1 Å². The summed E-state index contributed by atoms with van der Waals surface area (Å²) in [6, 6.07) is 0. The van der Waals surface area contributed by atoms with Crippen molar-refractivity contribution in [2.45, 2.75) is 24.0 Å². The van der Waals surface area contributed by atoms with E-state index in [-0.39, 0.29) is 24.2 Å². The number of aromatic nitrogens is 2. The van der Waals surface area contributed by atoms with Crippen molar-refractivity contribution in [3.8, 4) is 0 Å². The monoisotopic (exact) mass is 486 g/mol. The van der Waals surface area contributed by atoms with Gasteiger partial charge in [0.15, 0.2) is 0 Å². The third kappa shape index (κ3) is 8.08. The van der Waals surface area contributed by atoms with E-state index in [4.69, 9.17) is 33.0 Å². The number of aliphatic carboxylic acids is 1. The number of rotatable bonds is 9. The highest BCUT2D eigenvalue weighted by molar-refractivity contribution is 7.99. The molecule has 1 aromatic heterocycles. The third-order valence-corrected chi connectivity index (χ3v) is 6.48. The highest BCUT2D eigenvalue weighted by Crippen LogP contribution is 2.29. The molecular formula is C20H24Cl2N4O4S. The van der Waals surface area contributed by atoms with Crippen LogP contribution in [0.5, 0.6) is 0 Å². The molecule has 2 aliphatic rings. The Morgan fingerprint density at radius 1 is 1.32 bits per heavy atom. The Bertz CT molecular complexity index is 867. The van der Waals surface area contributed by atoms with Crippen LogP contribution in [0.3, 0.4) is 0 Å². The third-order valence-electron chi connectivity index (χ3n) is 4.80. The van der Waals surface area contributed by atoms with Gasteiger partial charge in [-0.05, 0) is 12.3 Å². The molecule has 1 amide bonds. The number of nitrogens with one attached hydrogen (secondary N) is 1. The summed E-state index contributed by atoms with van der Waals surface area (Å²) < 4.78 is 5.79. The molecule has 3 rings (SSSR count). The number of nitrogens with zero attached hydrogens (tertiary/aromatic N) is 3. The number of allylic oxidation sites excluding steroid dienone is 3. The van der Waals surface area contributed by atoms with Crippen LogP contribution in [0.1, 0.15) is 12.1 Å². The normalized spacial score (nSPS) is 21.9. The zero-order valence-corrected chi connectivity index (χ0v) is 19.1. The Balaban J connectivity index is 1.38. The highest BCUT2D eigenvalue weighted by atomic mass is 35.5. The van der Waals surface area contributed by atoms with Crippen molar-refractivity contribution in [3.05, 3.63) is 40.3 Å². The zero-order valence-electron chi connectivity index (χ0n) is 16.8. The number of halogens is 2. The van der Waals surface area contributed by atoms with Gasteiger partial charge in [0.2, 0.25) is 5.91 Å². The first-order chi connectivity index (χ1) is 14.9. The standard InChI is InChI=1S/C20H24Cl2N4O4S/c21-16-2-1-13(5-17(16)22)10-26-3-4-30-15(11-26)8-24-18(27)12-31-19-9-23-7-14(25-19)6-20(28)29/h2,5,7,9,13,15H,1,3-4,6,8,10-12H2,(H,24,27)(H,28,29)/t13?,15-/m0/s1. The molecule has 0 radical (unpaired) electrons. The lowest BCUT2D eigenvalue weighted by atomic mass is 9.99. The highest BCUT2D eigenvalue weighted by Gasteiger charge is 2.24. The average molecular weight is 487 g/mol. The van der Waals surface area contributed by atoms with E-state index in [2.05, 4.69) is 20.2 Å². The lowest BCUT2D eigenvalue weighted by Gasteiger charge is -2.35. The Kier molecular flexibility index (Phi) is 9.15. The molecule has 0 bridgehead atoms. The Morgan fingerprint density at radius 2 is 2.16 bits per heavy atom. The second kappa shape index (κ2) is 11.8. The molecular weight excluding hydrogens is 463 g/mol. The molecule has 1 saturated heterocycles. The number of morpholine rings is 1. The van der Waals surface area contributed by atoms with Crippen LogP contribution in [0.2, 0.25) is 0 Å². The predicted molar refractivity (Wildman–Crippen MR) is 119 cm³/mol. The van der Waals surface area contributed by atoms with Gasteiger partial charge < -0.3 is 15.2 Å². The smallest absolute Gasteiger partial charge is 0.309 e. The van der Waals surface area contributed by atoms with Gasteiger partial charge in [0.1, 0.15) is 5.03 Å². The first kappa shape index (κ1) is 24.0. The molecule has 2 atom stereocenters. The molecule has 31 heavy (non-hydrogen) atoms. The maximum atomic E-state index is 12.2. The van der Waals surface area contributed by atoms with Crippen LogP contribution in [0.25, 0.3) is 0 Å². The summed E-state index contributed by atoms with van der Waals surface area (Å²) in [5, 5.41) is 13.5. The number of amides is 1. The largest absolute Gasteiger partial charge is 0.481 e. The minimum absolute atomic E-state index is 0.0800.